The van der Waals surface area contributed by atoms with Crippen LogP contribution in [0.5, 0.6) is 0 Å². The molecule has 0 bridgehead atoms. The minimum atomic E-state index is -0.981. The molecule has 0 radical (unpaired) electrons. The molecule has 3 nitrogen and oxygen atoms in total. The lowest BCUT2D eigenvalue weighted by atomic mass is 9.77. The van der Waals surface area contributed by atoms with Crippen LogP contribution in [0.1, 0.15) is 33.6 Å². The Hall–Kier alpha value is -1.38. The van der Waals surface area contributed by atoms with Gasteiger partial charge in [0, 0.05) is 12.0 Å². The molecule has 0 aromatic heterocycles. The first kappa shape index (κ1) is 11.1. The summed E-state index contributed by atoms with van der Waals surface area (Å²) in [4.78, 5) is 23.6. The summed E-state index contributed by atoms with van der Waals surface area (Å²) >= 11 is 0. The fourth-order valence-electron chi connectivity index (χ4n) is 2.30. The van der Waals surface area contributed by atoms with Gasteiger partial charge in [0.2, 0.25) is 5.78 Å². The van der Waals surface area contributed by atoms with E-state index in [1.165, 1.54) is 0 Å². The Morgan fingerprint density at radius 3 is 2.50 bits per heavy atom. The van der Waals surface area contributed by atoms with Crippen LogP contribution in [0, 0.1) is 5.92 Å². The number of hydrogen-bond acceptors (Lipinski definition) is 3. The molecule has 0 amide bonds. The molecule has 3 heteroatoms. The molecule has 1 saturated heterocycles. The molecule has 0 unspecified atom stereocenters. The highest BCUT2D eigenvalue weighted by Crippen LogP contribution is 2.40. The molecule has 86 valence electrons. The number of ether oxygens (including phenoxy) is 1. The molecule has 0 aromatic rings. The smallest absolute Gasteiger partial charge is 0.307 e. The molecule has 2 rings (SSSR count). The van der Waals surface area contributed by atoms with Crippen LogP contribution < -0.4 is 0 Å². The molecule has 1 aliphatic carbocycles. The van der Waals surface area contributed by atoms with E-state index >= 15 is 0 Å². The highest BCUT2D eigenvalue weighted by atomic mass is 16.6. The van der Waals surface area contributed by atoms with Crippen molar-refractivity contribution in [3.05, 3.63) is 23.3 Å². The molecular weight excluding hydrogens is 204 g/mol. The molecule has 0 saturated carbocycles. The summed E-state index contributed by atoms with van der Waals surface area (Å²) in [6, 6.07) is 0. The van der Waals surface area contributed by atoms with Crippen LogP contribution in [0.2, 0.25) is 0 Å². The van der Waals surface area contributed by atoms with E-state index in [-0.39, 0.29) is 17.7 Å². The lowest BCUT2D eigenvalue weighted by Crippen LogP contribution is -2.43. The molecule has 1 heterocycles. The van der Waals surface area contributed by atoms with Crippen LogP contribution in [0.3, 0.4) is 0 Å². The Morgan fingerprint density at radius 1 is 1.31 bits per heavy atom. The van der Waals surface area contributed by atoms with Crippen LogP contribution in [0.25, 0.3) is 0 Å². The second kappa shape index (κ2) is 3.58. The number of rotatable bonds is 1. The van der Waals surface area contributed by atoms with Gasteiger partial charge in [-0.2, -0.15) is 0 Å². The minimum Gasteiger partial charge on any atom is -0.446 e. The van der Waals surface area contributed by atoms with E-state index in [9.17, 15) is 9.59 Å². The minimum absolute atomic E-state index is 0.0339. The van der Waals surface area contributed by atoms with Crippen LogP contribution in [0.4, 0.5) is 0 Å². The Labute approximate surface area is 95.2 Å². The monoisotopic (exact) mass is 220 g/mol. The molecule has 1 fully saturated rings. The van der Waals surface area contributed by atoms with Crippen molar-refractivity contribution in [1.82, 2.24) is 0 Å². The van der Waals surface area contributed by atoms with E-state index in [0.29, 0.717) is 12.8 Å². The number of carbonyl (C=O) groups excluding carboxylic acids is 2. The van der Waals surface area contributed by atoms with Crippen molar-refractivity contribution in [3.63, 3.8) is 0 Å². The van der Waals surface area contributed by atoms with Crippen molar-refractivity contribution >= 4 is 11.8 Å². The van der Waals surface area contributed by atoms with Crippen molar-refractivity contribution in [2.45, 2.75) is 39.2 Å². The van der Waals surface area contributed by atoms with E-state index in [1.54, 1.807) is 0 Å². The maximum Gasteiger partial charge on any atom is 0.307 e. The highest BCUT2D eigenvalue weighted by molar-refractivity contribution is 6.08. The number of hydrogen-bond donors (Lipinski definition) is 0. The number of ketones is 1. The summed E-state index contributed by atoms with van der Waals surface area (Å²) in [6.45, 7) is 5.80. The molecule has 1 spiro atoms. The van der Waals surface area contributed by atoms with Crippen LogP contribution in [0.15, 0.2) is 23.3 Å². The Morgan fingerprint density at radius 2 is 2.00 bits per heavy atom. The Bertz CT molecular complexity index is 415. The van der Waals surface area contributed by atoms with Crippen LogP contribution >= 0.6 is 0 Å². The lowest BCUT2D eigenvalue weighted by Gasteiger charge is -2.31. The van der Waals surface area contributed by atoms with Crippen molar-refractivity contribution in [1.29, 1.82) is 0 Å². The van der Waals surface area contributed by atoms with Gasteiger partial charge in [-0.3, -0.25) is 9.59 Å². The third-order valence-corrected chi connectivity index (χ3v) is 3.37. The van der Waals surface area contributed by atoms with E-state index < -0.39 is 5.60 Å². The predicted octanol–water partition coefficient (Wildman–Crippen LogP) is 2.17. The second-order valence-corrected chi connectivity index (χ2v) is 4.76. The quantitative estimate of drug-likeness (QED) is 0.636. The fourth-order valence-corrected chi connectivity index (χ4v) is 2.30. The zero-order valence-electron chi connectivity index (χ0n) is 9.87. The lowest BCUT2D eigenvalue weighted by molar-refractivity contribution is -0.152. The van der Waals surface area contributed by atoms with Gasteiger partial charge in [-0.25, -0.2) is 0 Å². The molecule has 1 atom stereocenters. The maximum atomic E-state index is 12.4. The van der Waals surface area contributed by atoms with Crippen LogP contribution in [-0.2, 0) is 14.3 Å². The van der Waals surface area contributed by atoms with E-state index in [2.05, 4.69) is 0 Å². The van der Waals surface area contributed by atoms with Gasteiger partial charge in [0.1, 0.15) is 0 Å². The summed E-state index contributed by atoms with van der Waals surface area (Å²) < 4.78 is 5.30. The first-order valence-corrected chi connectivity index (χ1v) is 5.63. The van der Waals surface area contributed by atoms with Gasteiger partial charge < -0.3 is 4.74 Å². The average Bonchev–Trinajstić information content (AvgIpc) is 2.59. The van der Waals surface area contributed by atoms with Gasteiger partial charge in [-0.1, -0.05) is 26.0 Å². The first-order valence-electron chi connectivity index (χ1n) is 5.63. The standard InChI is InChI=1S/C13H16O3/c1-8(2)10-5-4-9(3)13(12(10)15)7-6-11(14)16-13/h4-5,8H,6-7H2,1-3H3/t13-/m0/s1. The summed E-state index contributed by atoms with van der Waals surface area (Å²) in [5.74, 6) is -0.146. The number of carbonyl (C=O) groups is 2. The van der Waals surface area contributed by atoms with Crippen molar-refractivity contribution in [3.8, 4) is 0 Å². The normalized spacial score (nSPS) is 29.5. The van der Waals surface area contributed by atoms with E-state index in [0.717, 1.165) is 11.1 Å². The fraction of sp³-hybridized carbons (Fsp3) is 0.538. The molecule has 0 N–H and O–H groups in total. The maximum absolute atomic E-state index is 12.4. The largest absolute Gasteiger partial charge is 0.446 e. The van der Waals surface area contributed by atoms with Crippen molar-refractivity contribution in [2.75, 3.05) is 0 Å². The molecule has 1 aliphatic heterocycles. The molecule has 0 aromatic carbocycles. The number of allylic oxidation sites excluding steroid dienone is 2. The molecule has 16 heavy (non-hydrogen) atoms. The van der Waals surface area contributed by atoms with Gasteiger partial charge in [-0.15, -0.1) is 0 Å². The topological polar surface area (TPSA) is 43.4 Å². The third-order valence-electron chi connectivity index (χ3n) is 3.37. The zero-order valence-corrected chi connectivity index (χ0v) is 9.87. The van der Waals surface area contributed by atoms with E-state index in [4.69, 9.17) is 4.74 Å². The van der Waals surface area contributed by atoms with Gasteiger partial charge >= 0.3 is 5.97 Å². The summed E-state index contributed by atoms with van der Waals surface area (Å²) in [5.41, 5.74) is 0.610. The van der Waals surface area contributed by atoms with Gasteiger partial charge in [-0.05, 0) is 18.4 Å². The summed E-state index contributed by atoms with van der Waals surface area (Å²) in [5, 5.41) is 0. The predicted molar refractivity (Wildman–Crippen MR) is 59.7 cm³/mol. The second-order valence-electron chi connectivity index (χ2n) is 4.76. The molecule has 2 aliphatic rings. The van der Waals surface area contributed by atoms with Gasteiger partial charge in [0.05, 0.1) is 6.42 Å². The molecular formula is C13H16O3. The third kappa shape index (κ3) is 1.42. The highest BCUT2D eigenvalue weighted by Gasteiger charge is 2.50. The van der Waals surface area contributed by atoms with Crippen molar-refractivity contribution < 1.29 is 14.3 Å². The van der Waals surface area contributed by atoms with Gasteiger partial charge in [0.15, 0.2) is 5.60 Å². The number of esters is 1. The SMILES string of the molecule is CC1=CC=C(C(C)C)C(=O)[C@]12CCC(=O)O2. The van der Waals surface area contributed by atoms with E-state index in [1.807, 2.05) is 32.9 Å². The summed E-state index contributed by atoms with van der Waals surface area (Å²) in [6.07, 6.45) is 4.56. The first-order chi connectivity index (χ1) is 7.47. The summed E-state index contributed by atoms with van der Waals surface area (Å²) in [7, 11) is 0. The van der Waals surface area contributed by atoms with Crippen molar-refractivity contribution in [2.24, 2.45) is 5.92 Å². The zero-order chi connectivity index (χ0) is 11.9. The van der Waals surface area contributed by atoms with Gasteiger partial charge in [0.25, 0.3) is 0 Å². The van der Waals surface area contributed by atoms with Crippen LogP contribution in [-0.4, -0.2) is 17.4 Å². The number of Topliss-reactive ketones (excluding diaryl/α,β-unsaturated/α-hetero) is 1. The Kier molecular flexibility index (Phi) is 2.49. The average molecular weight is 220 g/mol. The Balaban J connectivity index is 2.43.